The van der Waals surface area contributed by atoms with Crippen LogP contribution in [0.3, 0.4) is 0 Å². The molecule has 2 rings (SSSR count). The van der Waals surface area contributed by atoms with E-state index in [9.17, 15) is 4.79 Å². The molecule has 0 aromatic heterocycles. The Morgan fingerprint density at radius 1 is 0.895 bits per heavy atom. The Morgan fingerprint density at radius 2 is 1.47 bits per heavy atom. The number of alkyl halides is 3. The molecule has 0 aliphatic rings. The van der Waals surface area contributed by atoms with Gasteiger partial charge in [-0.3, -0.25) is 4.79 Å². The number of halogens is 3. The summed E-state index contributed by atoms with van der Waals surface area (Å²) in [4.78, 5) is 13.1. The molecule has 0 saturated heterocycles. The quantitative estimate of drug-likeness (QED) is 0.429. The molecule has 0 heterocycles. The third-order valence-corrected chi connectivity index (χ3v) is 3.90. The van der Waals surface area contributed by atoms with E-state index >= 15 is 0 Å². The van der Waals surface area contributed by atoms with Crippen molar-refractivity contribution >= 4 is 52.3 Å². The summed E-state index contributed by atoms with van der Waals surface area (Å²) < 4.78 is -1.49. The zero-order valence-electron chi connectivity index (χ0n) is 9.65. The maximum Gasteiger partial charge on any atom is 0.241 e. The van der Waals surface area contributed by atoms with Crippen LogP contribution in [0.1, 0.15) is 15.9 Å². The Bertz CT molecular complexity index is 579. The van der Waals surface area contributed by atoms with E-state index in [1.807, 2.05) is 18.2 Å². The van der Waals surface area contributed by atoms with Gasteiger partial charge in [-0.1, -0.05) is 89.0 Å². The molecule has 0 aliphatic carbocycles. The van der Waals surface area contributed by atoms with Crippen LogP contribution >= 0.6 is 46.6 Å². The molecule has 0 saturated carbocycles. The van der Waals surface area contributed by atoms with E-state index in [4.69, 9.17) is 34.8 Å². The highest BCUT2D eigenvalue weighted by Crippen LogP contribution is 2.44. The fourth-order valence-corrected chi connectivity index (χ4v) is 3.03. The first-order valence-electron chi connectivity index (χ1n) is 5.42. The number of benzene rings is 2. The van der Waals surface area contributed by atoms with Crippen molar-refractivity contribution in [3.63, 3.8) is 0 Å². The molecule has 2 aromatic rings. The maximum atomic E-state index is 12.4. The van der Waals surface area contributed by atoms with Crippen LogP contribution in [0.15, 0.2) is 59.5 Å². The van der Waals surface area contributed by atoms with Crippen LogP contribution in [-0.4, -0.2) is 8.91 Å². The molecule has 98 valence electrons. The smallest absolute Gasteiger partial charge is 0.241 e. The molecule has 0 fully saturated rings. The lowest BCUT2D eigenvalue weighted by atomic mass is 10.0. The van der Waals surface area contributed by atoms with Gasteiger partial charge in [-0.2, -0.15) is 0 Å². The normalized spacial score (nSPS) is 11.3. The van der Waals surface area contributed by atoms with Crippen LogP contribution in [0.25, 0.3) is 0 Å². The molecule has 0 amide bonds. The van der Waals surface area contributed by atoms with E-state index in [2.05, 4.69) is 0 Å². The van der Waals surface area contributed by atoms with E-state index in [0.29, 0.717) is 16.0 Å². The Morgan fingerprint density at radius 3 is 2.11 bits per heavy atom. The van der Waals surface area contributed by atoms with Crippen LogP contribution in [0.4, 0.5) is 0 Å². The summed E-state index contributed by atoms with van der Waals surface area (Å²) in [5.41, 5.74) is 1.14. The minimum atomic E-state index is -1.49. The van der Waals surface area contributed by atoms with E-state index < -0.39 is 3.12 Å². The molecule has 0 radical (unpaired) electrons. The molecule has 5 heteroatoms. The number of rotatable bonds is 3. The summed E-state index contributed by atoms with van der Waals surface area (Å²) in [6, 6.07) is 16.1. The van der Waals surface area contributed by atoms with E-state index in [-0.39, 0.29) is 5.78 Å². The van der Waals surface area contributed by atoms with Crippen molar-refractivity contribution in [2.45, 2.75) is 8.02 Å². The standard InChI is InChI=1S/C14H9Cl3OS/c15-14(16,17)19-12-9-5-4-8-11(12)13(18)10-6-2-1-3-7-10/h1-9H. The second-order valence-electron chi connectivity index (χ2n) is 3.74. The SMILES string of the molecule is O=C(c1ccccc1)c1ccccc1SC(Cl)(Cl)Cl. The van der Waals surface area contributed by atoms with Gasteiger partial charge < -0.3 is 0 Å². The summed E-state index contributed by atoms with van der Waals surface area (Å²) in [7, 11) is 0. The zero-order chi connectivity index (χ0) is 13.9. The van der Waals surface area contributed by atoms with E-state index in [0.717, 1.165) is 11.8 Å². The number of carbonyl (C=O) groups is 1. The van der Waals surface area contributed by atoms with Gasteiger partial charge in [0.1, 0.15) is 0 Å². The van der Waals surface area contributed by atoms with Crippen molar-refractivity contribution in [2.75, 3.05) is 0 Å². The molecular weight excluding hydrogens is 323 g/mol. The third kappa shape index (κ3) is 4.15. The highest BCUT2D eigenvalue weighted by molar-refractivity contribution is 8.04. The molecule has 0 unspecified atom stereocenters. The first-order valence-corrected chi connectivity index (χ1v) is 7.37. The number of ketones is 1. The molecule has 0 spiro atoms. The predicted octanol–water partition coefficient (Wildman–Crippen LogP) is 5.34. The first-order chi connectivity index (χ1) is 8.97. The minimum Gasteiger partial charge on any atom is -0.289 e. The van der Waals surface area contributed by atoms with E-state index in [1.165, 1.54) is 0 Å². The Kier molecular flexibility index (Phi) is 4.80. The average Bonchev–Trinajstić information content (AvgIpc) is 2.38. The van der Waals surface area contributed by atoms with Crippen LogP contribution in [-0.2, 0) is 0 Å². The molecule has 0 bridgehead atoms. The molecular formula is C14H9Cl3OS. The molecule has 1 nitrogen and oxygen atoms in total. The van der Waals surface area contributed by atoms with Gasteiger partial charge in [-0.15, -0.1) is 0 Å². The fourth-order valence-electron chi connectivity index (χ4n) is 1.61. The van der Waals surface area contributed by atoms with Crippen molar-refractivity contribution in [1.82, 2.24) is 0 Å². The van der Waals surface area contributed by atoms with Crippen molar-refractivity contribution in [2.24, 2.45) is 0 Å². The average molecular weight is 332 g/mol. The predicted molar refractivity (Wildman–Crippen MR) is 82.5 cm³/mol. The summed E-state index contributed by atoms with van der Waals surface area (Å²) in [5, 5.41) is 0. The molecule has 19 heavy (non-hydrogen) atoms. The van der Waals surface area contributed by atoms with Crippen LogP contribution < -0.4 is 0 Å². The second kappa shape index (κ2) is 6.19. The van der Waals surface area contributed by atoms with Crippen LogP contribution in [0.5, 0.6) is 0 Å². The van der Waals surface area contributed by atoms with Gasteiger partial charge in [0.05, 0.1) is 0 Å². The maximum absolute atomic E-state index is 12.4. The highest BCUT2D eigenvalue weighted by atomic mass is 35.6. The van der Waals surface area contributed by atoms with Crippen molar-refractivity contribution in [1.29, 1.82) is 0 Å². The molecule has 0 atom stereocenters. The van der Waals surface area contributed by atoms with Gasteiger partial charge >= 0.3 is 0 Å². The number of hydrogen-bond acceptors (Lipinski definition) is 2. The van der Waals surface area contributed by atoms with Gasteiger partial charge in [0, 0.05) is 16.0 Å². The van der Waals surface area contributed by atoms with Gasteiger partial charge in [-0.05, 0) is 12.1 Å². The monoisotopic (exact) mass is 330 g/mol. The molecule has 2 aromatic carbocycles. The topological polar surface area (TPSA) is 17.1 Å². The first kappa shape index (κ1) is 14.7. The number of hydrogen-bond donors (Lipinski definition) is 0. The van der Waals surface area contributed by atoms with Crippen molar-refractivity contribution in [3.8, 4) is 0 Å². The van der Waals surface area contributed by atoms with Crippen LogP contribution in [0, 0.1) is 0 Å². The molecule has 0 N–H and O–H groups in total. The Hall–Kier alpha value is -0.670. The third-order valence-electron chi connectivity index (χ3n) is 2.39. The minimum absolute atomic E-state index is 0.0852. The van der Waals surface area contributed by atoms with Crippen molar-refractivity contribution in [3.05, 3.63) is 65.7 Å². The molecule has 0 aliphatic heterocycles. The van der Waals surface area contributed by atoms with Gasteiger partial charge in [0.15, 0.2) is 5.78 Å². The number of carbonyl (C=O) groups excluding carboxylic acids is 1. The van der Waals surface area contributed by atoms with Gasteiger partial charge in [0.2, 0.25) is 3.12 Å². The lowest BCUT2D eigenvalue weighted by Gasteiger charge is -2.13. The van der Waals surface area contributed by atoms with Crippen molar-refractivity contribution < 1.29 is 4.79 Å². The summed E-state index contributed by atoms with van der Waals surface area (Å²) in [6.07, 6.45) is 0. The van der Waals surface area contributed by atoms with Gasteiger partial charge in [0.25, 0.3) is 0 Å². The fraction of sp³-hybridized carbons (Fsp3) is 0.0714. The van der Waals surface area contributed by atoms with E-state index in [1.54, 1.807) is 36.4 Å². The number of thioether (sulfide) groups is 1. The highest BCUT2D eigenvalue weighted by Gasteiger charge is 2.24. The summed E-state index contributed by atoms with van der Waals surface area (Å²) >= 11 is 18.3. The second-order valence-corrected chi connectivity index (χ2v) is 7.95. The summed E-state index contributed by atoms with van der Waals surface area (Å²) in [6.45, 7) is 0. The lowest BCUT2D eigenvalue weighted by Crippen LogP contribution is -2.04. The Labute approximate surface area is 130 Å². The lowest BCUT2D eigenvalue weighted by molar-refractivity contribution is 0.103. The largest absolute Gasteiger partial charge is 0.289 e. The van der Waals surface area contributed by atoms with Gasteiger partial charge in [-0.25, -0.2) is 0 Å². The zero-order valence-corrected chi connectivity index (χ0v) is 12.7. The Balaban J connectivity index is 2.38. The summed E-state index contributed by atoms with van der Waals surface area (Å²) in [5.74, 6) is -0.0852. The van der Waals surface area contributed by atoms with Crippen LogP contribution in [0.2, 0.25) is 0 Å².